The molecule has 0 unspecified atom stereocenters. The third kappa shape index (κ3) is 4.62. The fraction of sp³-hybridized carbons (Fsp3) is 0.476. The van der Waals surface area contributed by atoms with Crippen molar-refractivity contribution in [3.8, 4) is 0 Å². The second-order valence-corrected chi connectivity index (χ2v) is 8.62. The molecule has 2 nitrogen and oxygen atoms in total. The molecule has 134 valence electrons. The van der Waals surface area contributed by atoms with Gasteiger partial charge in [0.25, 0.3) is 0 Å². The molecule has 1 aromatic heterocycles. The van der Waals surface area contributed by atoms with E-state index in [2.05, 4.69) is 60.6 Å². The molecule has 0 saturated heterocycles. The number of nitrogens with one attached hydrogen (secondary N) is 1. The predicted octanol–water partition coefficient (Wildman–Crippen LogP) is 6.21. The van der Waals surface area contributed by atoms with E-state index in [9.17, 15) is 0 Å². The van der Waals surface area contributed by atoms with Gasteiger partial charge in [-0.1, -0.05) is 43.0 Å². The van der Waals surface area contributed by atoms with E-state index in [-0.39, 0.29) is 0 Å². The van der Waals surface area contributed by atoms with E-state index < -0.39 is 0 Å². The molecular weight excluding hydrogens is 344 g/mol. The van der Waals surface area contributed by atoms with E-state index >= 15 is 0 Å². The fourth-order valence-corrected chi connectivity index (χ4v) is 4.90. The molecule has 0 bridgehead atoms. The van der Waals surface area contributed by atoms with E-state index in [0.29, 0.717) is 6.04 Å². The molecule has 0 radical (unpaired) electrons. The van der Waals surface area contributed by atoms with Gasteiger partial charge < -0.3 is 10.2 Å². The topological polar surface area (TPSA) is 15.3 Å². The maximum absolute atomic E-state index is 5.88. The zero-order valence-corrected chi connectivity index (χ0v) is 17.1. The third-order valence-corrected chi connectivity index (χ3v) is 6.29. The zero-order chi connectivity index (χ0) is 17.8. The van der Waals surface area contributed by atoms with Crippen LogP contribution in [0.2, 0.25) is 0 Å². The number of rotatable bonds is 4. The Labute approximate surface area is 161 Å². The maximum Gasteiger partial charge on any atom is 0.174 e. The molecule has 0 aliphatic heterocycles. The molecule has 1 aliphatic carbocycles. The number of hydrogen-bond acceptors (Lipinski definition) is 2. The van der Waals surface area contributed by atoms with Crippen LogP contribution in [-0.4, -0.2) is 16.1 Å². The van der Waals surface area contributed by atoms with Crippen LogP contribution in [0.3, 0.4) is 0 Å². The minimum absolute atomic E-state index is 0.557. The Morgan fingerprint density at radius 2 is 1.84 bits per heavy atom. The molecule has 0 atom stereocenters. The fourth-order valence-electron chi connectivity index (χ4n) is 3.89. The highest BCUT2D eigenvalue weighted by Crippen LogP contribution is 2.28. The highest BCUT2D eigenvalue weighted by atomic mass is 32.1. The number of anilines is 1. The standard InChI is InChI=1S/C21H28N2S2/c1-15-12-16(2)20(17(3)13-15)22-21(24)23(14-19-10-7-11-25-19)18-8-5-4-6-9-18/h7,10-13,18H,4-6,8-9,14H2,1-3H3,(H,22,24). The largest absolute Gasteiger partial charge is 0.341 e. The highest BCUT2D eigenvalue weighted by molar-refractivity contribution is 7.80. The van der Waals surface area contributed by atoms with Crippen molar-refractivity contribution in [2.45, 2.75) is 65.5 Å². The molecule has 1 aromatic carbocycles. The lowest BCUT2D eigenvalue weighted by Gasteiger charge is -2.36. The number of aryl methyl sites for hydroxylation is 3. The van der Waals surface area contributed by atoms with Crippen molar-refractivity contribution in [1.82, 2.24) is 4.90 Å². The van der Waals surface area contributed by atoms with Gasteiger partial charge in [-0.2, -0.15) is 0 Å². The van der Waals surface area contributed by atoms with Crippen LogP contribution < -0.4 is 5.32 Å². The number of thiocarbonyl (C=S) groups is 1. The first-order valence-electron chi connectivity index (χ1n) is 9.22. The number of nitrogens with zero attached hydrogens (tertiary/aromatic N) is 1. The summed E-state index contributed by atoms with van der Waals surface area (Å²) in [6, 6.07) is 9.35. The first kappa shape index (κ1) is 18.4. The van der Waals surface area contributed by atoms with Crippen molar-refractivity contribution in [3.63, 3.8) is 0 Å². The van der Waals surface area contributed by atoms with Gasteiger partial charge in [0.1, 0.15) is 0 Å². The summed E-state index contributed by atoms with van der Waals surface area (Å²) in [5.74, 6) is 0. The number of benzene rings is 1. The Bertz CT molecular complexity index is 692. The summed E-state index contributed by atoms with van der Waals surface area (Å²) in [4.78, 5) is 3.81. The normalized spacial score (nSPS) is 15.2. The molecule has 1 fully saturated rings. The second kappa shape index (κ2) is 8.33. The van der Waals surface area contributed by atoms with E-state index in [0.717, 1.165) is 11.7 Å². The minimum atomic E-state index is 0.557. The first-order valence-corrected chi connectivity index (χ1v) is 10.5. The molecule has 1 heterocycles. The van der Waals surface area contributed by atoms with Crippen molar-refractivity contribution in [2.24, 2.45) is 0 Å². The third-order valence-electron chi connectivity index (χ3n) is 5.09. The van der Waals surface area contributed by atoms with Gasteiger partial charge in [0.15, 0.2) is 5.11 Å². The van der Waals surface area contributed by atoms with Gasteiger partial charge in [-0.3, -0.25) is 0 Å². The molecule has 4 heteroatoms. The average molecular weight is 373 g/mol. The smallest absolute Gasteiger partial charge is 0.174 e. The number of hydrogen-bond donors (Lipinski definition) is 1. The molecular formula is C21H28N2S2. The van der Waals surface area contributed by atoms with Crippen LogP contribution in [-0.2, 0) is 6.54 Å². The van der Waals surface area contributed by atoms with Crippen molar-refractivity contribution in [3.05, 3.63) is 51.2 Å². The van der Waals surface area contributed by atoms with Crippen LogP contribution in [0.1, 0.15) is 53.7 Å². The second-order valence-electron chi connectivity index (χ2n) is 7.20. The predicted molar refractivity (Wildman–Crippen MR) is 114 cm³/mol. The van der Waals surface area contributed by atoms with Crippen molar-refractivity contribution >= 4 is 34.4 Å². The first-order chi connectivity index (χ1) is 12.0. The lowest BCUT2D eigenvalue weighted by atomic mass is 9.94. The molecule has 3 rings (SSSR count). The summed E-state index contributed by atoms with van der Waals surface area (Å²) in [6.07, 6.45) is 6.49. The van der Waals surface area contributed by atoms with E-state index in [1.807, 2.05) is 11.3 Å². The van der Waals surface area contributed by atoms with Gasteiger partial charge in [-0.25, -0.2) is 0 Å². The van der Waals surface area contributed by atoms with Crippen molar-refractivity contribution in [1.29, 1.82) is 0 Å². The van der Waals surface area contributed by atoms with Crippen LogP contribution in [0.25, 0.3) is 0 Å². The van der Waals surface area contributed by atoms with E-state index in [4.69, 9.17) is 12.2 Å². The Kier molecular flexibility index (Phi) is 6.13. The average Bonchev–Trinajstić information content (AvgIpc) is 3.09. The molecule has 1 aliphatic rings. The van der Waals surface area contributed by atoms with E-state index in [1.165, 1.54) is 59.4 Å². The molecule has 1 N–H and O–H groups in total. The Hall–Kier alpha value is -1.39. The lowest BCUT2D eigenvalue weighted by Crippen LogP contribution is -2.43. The molecule has 0 spiro atoms. The molecule has 0 amide bonds. The Balaban J connectivity index is 1.81. The SMILES string of the molecule is Cc1cc(C)c(NC(=S)N(Cc2cccs2)C2CCCCC2)c(C)c1. The molecule has 2 aromatic rings. The van der Waals surface area contributed by atoms with Gasteiger partial charge in [0.05, 0.1) is 6.54 Å². The summed E-state index contributed by atoms with van der Waals surface area (Å²) >= 11 is 7.70. The Morgan fingerprint density at radius 1 is 1.16 bits per heavy atom. The number of thiophene rings is 1. The van der Waals surface area contributed by atoms with Crippen molar-refractivity contribution in [2.75, 3.05) is 5.32 Å². The van der Waals surface area contributed by atoms with Crippen LogP contribution in [0.4, 0.5) is 5.69 Å². The lowest BCUT2D eigenvalue weighted by molar-refractivity contribution is 0.242. The van der Waals surface area contributed by atoms with Gasteiger partial charge in [0, 0.05) is 16.6 Å². The van der Waals surface area contributed by atoms with Crippen LogP contribution in [0.15, 0.2) is 29.6 Å². The van der Waals surface area contributed by atoms with Crippen LogP contribution in [0, 0.1) is 20.8 Å². The summed E-state index contributed by atoms with van der Waals surface area (Å²) in [5.41, 5.74) is 5.00. The molecule has 25 heavy (non-hydrogen) atoms. The summed E-state index contributed by atoms with van der Waals surface area (Å²) in [6.45, 7) is 7.38. The zero-order valence-electron chi connectivity index (χ0n) is 15.5. The summed E-state index contributed by atoms with van der Waals surface area (Å²) in [7, 11) is 0. The van der Waals surface area contributed by atoms with E-state index in [1.54, 1.807) is 0 Å². The van der Waals surface area contributed by atoms with Crippen LogP contribution in [0.5, 0.6) is 0 Å². The van der Waals surface area contributed by atoms with Crippen molar-refractivity contribution < 1.29 is 0 Å². The highest BCUT2D eigenvalue weighted by Gasteiger charge is 2.24. The van der Waals surface area contributed by atoms with Gasteiger partial charge in [-0.15, -0.1) is 11.3 Å². The van der Waals surface area contributed by atoms with Gasteiger partial charge in [-0.05, 0) is 68.4 Å². The summed E-state index contributed by atoms with van der Waals surface area (Å²) < 4.78 is 0. The summed E-state index contributed by atoms with van der Waals surface area (Å²) in [5, 5.41) is 6.60. The molecule has 1 saturated carbocycles. The van der Waals surface area contributed by atoms with Crippen LogP contribution >= 0.6 is 23.6 Å². The monoisotopic (exact) mass is 372 g/mol. The van der Waals surface area contributed by atoms with Gasteiger partial charge >= 0.3 is 0 Å². The Morgan fingerprint density at radius 3 is 2.44 bits per heavy atom. The maximum atomic E-state index is 5.88. The minimum Gasteiger partial charge on any atom is -0.341 e. The quantitative estimate of drug-likeness (QED) is 0.643. The van der Waals surface area contributed by atoms with Gasteiger partial charge in [0.2, 0.25) is 0 Å².